The Morgan fingerprint density at radius 3 is 2.65 bits per heavy atom. The molecule has 1 N–H and O–H groups in total. The molecule has 0 aliphatic carbocycles. The lowest BCUT2D eigenvalue weighted by molar-refractivity contribution is -0.133. The van der Waals surface area contributed by atoms with Gasteiger partial charge in [0.05, 0.1) is 19.3 Å². The smallest absolute Gasteiger partial charge is 0.251 e. The molecule has 1 unspecified atom stereocenters. The van der Waals surface area contributed by atoms with Crippen molar-refractivity contribution >= 4 is 11.8 Å². The molecule has 0 spiro atoms. The minimum absolute atomic E-state index is 0.0104. The van der Waals surface area contributed by atoms with Crippen LogP contribution in [0.1, 0.15) is 16.8 Å². The molecular formula is C17H23N3O3. The highest BCUT2D eigenvalue weighted by Crippen LogP contribution is 2.18. The molecule has 3 rings (SSSR count). The minimum atomic E-state index is -0.0954. The number of morpholine rings is 1. The summed E-state index contributed by atoms with van der Waals surface area (Å²) in [5.41, 5.74) is 0.645. The fraction of sp³-hybridized carbons (Fsp3) is 0.529. The van der Waals surface area contributed by atoms with Gasteiger partial charge in [0.2, 0.25) is 5.91 Å². The molecule has 2 fully saturated rings. The number of amides is 2. The summed E-state index contributed by atoms with van der Waals surface area (Å²) in [6.07, 6.45) is 0.867. The van der Waals surface area contributed by atoms with Gasteiger partial charge in [-0.2, -0.15) is 0 Å². The van der Waals surface area contributed by atoms with E-state index < -0.39 is 0 Å². The van der Waals surface area contributed by atoms with Crippen molar-refractivity contribution in [2.24, 2.45) is 0 Å². The van der Waals surface area contributed by atoms with Gasteiger partial charge in [0.25, 0.3) is 5.91 Å². The molecule has 0 bridgehead atoms. The highest BCUT2D eigenvalue weighted by molar-refractivity contribution is 5.94. The number of carbonyl (C=O) groups excluding carboxylic acids is 2. The number of benzene rings is 1. The summed E-state index contributed by atoms with van der Waals surface area (Å²) >= 11 is 0. The average molecular weight is 317 g/mol. The summed E-state index contributed by atoms with van der Waals surface area (Å²) in [4.78, 5) is 28.5. The van der Waals surface area contributed by atoms with Crippen LogP contribution in [0.4, 0.5) is 0 Å². The molecule has 1 atom stereocenters. The van der Waals surface area contributed by atoms with Crippen molar-refractivity contribution < 1.29 is 14.3 Å². The van der Waals surface area contributed by atoms with Crippen LogP contribution in [0.3, 0.4) is 0 Å². The molecule has 0 radical (unpaired) electrons. The molecule has 1 aromatic carbocycles. The minimum Gasteiger partial charge on any atom is -0.379 e. The predicted octanol–water partition coefficient (Wildman–Crippen LogP) is 0.350. The number of nitrogens with one attached hydrogen (secondary N) is 1. The zero-order chi connectivity index (χ0) is 16.1. The third-order valence-corrected chi connectivity index (χ3v) is 4.46. The predicted molar refractivity (Wildman–Crippen MR) is 86.2 cm³/mol. The Kier molecular flexibility index (Phi) is 5.25. The Balaban J connectivity index is 1.44. The summed E-state index contributed by atoms with van der Waals surface area (Å²) in [7, 11) is 0. The van der Waals surface area contributed by atoms with Crippen LogP contribution in [0.25, 0.3) is 0 Å². The zero-order valence-electron chi connectivity index (χ0n) is 13.2. The molecule has 2 amide bonds. The maximum absolute atomic E-state index is 12.5. The van der Waals surface area contributed by atoms with Crippen molar-refractivity contribution in [1.29, 1.82) is 0 Å². The number of rotatable bonds is 5. The zero-order valence-corrected chi connectivity index (χ0v) is 13.2. The number of nitrogens with zero attached hydrogens (tertiary/aromatic N) is 2. The van der Waals surface area contributed by atoms with Gasteiger partial charge >= 0.3 is 0 Å². The SMILES string of the molecule is O=C(NCCN1CCC(N2CCOCC2)C1=O)c1ccccc1. The van der Waals surface area contributed by atoms with Crippen molar-refractivity contribution in [2.75, 3.05) is 45.9 Å². The van der Waals surface area contributed by atoms with E-state index in [0.29, 0.717) is 31.9 Å². The molecule has 0 aromatic heterocycles. The van der Waals surface area contributed by atoms with Gasteiger partial charge in [-0.3, -0.25) is 14.5 Å². The molecule has 124 valence electrons. The van der Waals surface area contributed by atoms with Crippen molar-refractivity contribution in [3.8, 4) is 0 Å². The Hall–Kier alpha value is -1.92. The first-order valence-electron chi connectivity index (χ1n) is 8.19. The number of likely N-dealkylation sites (tertiary alicyclic amines) is 1. The first-order valence-corrected chi connectivity index (χ1v) is 8.19. The number of ether oxygens (including phenoxy) is 1. The normalized spacial score (nSPS) is 22.3. The van der Waals surface area contributed by atoms with Crippen molar-refractivity contribution in [1.82, 2.24) is 15.1 Å². The van der Waals surface area contributed by atoms with Gasteiger partial charge in [0.15, 0.2) is 0 Å². The monoisotopic (exact) mass is 317 g/mol. The average Bonchev–Trinajstić information content (AvgIpc) is 2.97. The van der Waals surface area contributed by atoms with E-state index >= 15 is 0 Å². The molecule has 1 aromatic rings. The Labute approximate surface area is 136 Å². The summed E-state index contributed by atoms with van der Waals surface area (Å²) < 4.78 is 5.34. The van der Waals surface area contributed by atoms with E-state index in [1.54, 1.807) is 12.1 Å². The lowest BCUT2D eigenvalue weighted by Crippen LogP contribution is -2.48. The van der Waals surface area contributed by atoms with Crippen LogP contribution in [0.5, 0.6) is 0 Å². The van der Waals surface area contributed by atoms with Gasteiger partial charge < -0.3 is 15.0 Å². The van der Waals surface area contributed by atoms with Gasteiger partial charge in [-0.15, -0.1) is 0 Å². The first kappa shape index (κ1) is 16.0. The van der Waals surface area contributed by atoms with Gasteiger partial charge in [0, 0.05) is 38.3 Å². The van der Waals surface area contributed by atoms with E-state index in [2.05, 4.69) is 10.2 Å². The van der Waals surface area contributed by atoms with E-state index in [1.165, 1.54) is 0 Å². The molecule has 2 heterocycles. The Bertz CT molecular complexity index is 543. The second-order valence-corrected chi connectivity index (χ2v) is 5.90. The molecular weight excluding hydrogens is 294 g/mol. The molecule has 2 aliphatic rings. The van der Waals surface area contributed by atoms with Gasteiger partial charge in [-0.1, -0.05) is 18.2 Å². The van der Waals surface area contributed by atoms with Crippen molar-refractivity contribution in [2.45, 2.75) is 12.5 Å². The van der Waals surface area contributed by atoms with Crippen molar-refractivity contribution in [3.05, 3.63) is 35.9 Å². The third-order valence-electron chi connectivity index (χ3n) is 4.46. The van der Waals surface area contributed by atoms with Crippen LogP contribution < -0.4 is 5.32 Å². The van der Waals surface area contributed by atoms with Gasteiger partial charge in [0.1, 0.15) is 0 Å². The molecule has 6 nitrogen and oxygen atoms in total. The topological polar surface area (TPSA) is 61.9 Å². The molecule has 2 aliphatic heterocycles. The fourth-order valence-electron chi connectivity index (χ4n) is 3.17. The maximum Gasteiger partial charge on any atom is 0.251 e. The van der Waals surface area contributed by atoms with Gasteiger partial charge in [-0.25, -0.2) is 0 Å². The van der Waals surface area contributed by atoms with E-state index in [9.17, 15) is 9.59 Å². The van der Waals surface area contributed by atoms with Gasteiger partial charge in [-0.05, 0) is 18.6 Å². The molecule has 2 saturated heterocycles. The summed E-state index contributed by atoms with van der Waals surface area (Å²) in [5, 5.41) is 2.87. The standard InChI is InChI=1S/C17H23N3O3/c21-16(14-4-2-1-3-5-14)18-7-9-20-8-6-15(17(20)22)19-10-12-23-13-11-19/h1-5,15H,6-13H2,(H,18,21). The van der Waals surface area contributed by atoms with Crippen LogP contribution in [0, 0.1) is 0 Å². The summed E-state index contributed by atoms with van der Waals surface area (Å²) in [6.45, 7) is 4.88. The van der Waals surface area contributed by atoms with Crippen molar-refractivity contribution in [3.63, 3.8) is 0 Å². The largest absolute Gasteiger partial charge is 0.379 e. The molecule has 6 heteroatoms. The highest BCUT2D eigenvalue weighted by Gasteiger charge is 2.36. The number of carbonyl (C=O) groups is 2. The second-order valence-electron chi connectivity index (χ2n) is 5.90. The van der Waals surface area contributed by atoms with Crippen LogP contribution in [-0.2, 0) is 9.53 Å². The number of hydrogen-bond acceptors (Lipinski definition) is 4. The Morgan fingerprint density at radius 1 is 1.17 bits per heavy atom. The Morgan fingerprint density at radius 2 is 1.91 bits per heavy atom. The fourth-order valence-corrected chi connectivity index (χ4v) is 3.17. The quantitative estimate of drug-likeness (QED) is 0.851. The second kappa shape index (κ2) is 7.57. The number of hydrogen-bond donors (Lipinski definition) is 1. The van der Waals surface area contributed by atoms with E-state index in [4.69, 9.17) is 4.74 Å². The van der Waals surface area contributed by atoms with Crippen LogP contribution in [0.15, 0.2) is 30.3 Å². The summed E-state index contributed by atoms with van der Waals surface area (Å²) in [6, 6.07) is 9.11. The maximum atomic E-state index is 12.5. The molecule has 23 heavy (non-hydrogen) atoms. The van der Waals surface area contributed by atoms with Crippen LogP contribution >= 0.6 is 0 Å². The van der Waals surface area contributed by atoms with E-state index in [0.717, 1.165) is 26.1 Å². The first-order chi connectivity index (χ1) is 11.3. The van der Waals surface area contributed by atoms with E-state index in [-0.39, 0.29) is 17.9 Å². The lowest BCUT2D eigenvalue weighted by Gasteiger charge is -2.31. The van der Waals surface area contributed by atoms with Crippen LogP contribution in [0.2, 0.25) is 0 Å². The van der Waals surface area contributed by atoms with E-state index in [1.807, 2.05) is 23.1 Å². The van der Waals surface area contributed by atoms with Crippen LogP contribution in [-0.4, -0.2) is 73.6 Å². The lowest BCUT2D eigenvalue weighted by atomic mass is 10.2. The summed E-state index contributed by atoms with van der Waals surface area (Å²) in [5.74, 6) is 0.0860. The highest BCUT2D eigenvalue weighted by atomic mass is 16.5. The molecule has 0 saturated carbocycles. The third kappa shape index (κ3) is 3.89.